The number of nitrogens with zero attached hydrogens (tertiary/aromatic N) is 1. The molecule has 0 amide bonds. The van der Waals surface area contributed by atoms with Crippen LogP contribution in [0.3, 0.4) is 0 Å². The van der Waals surface area contributed by atoms with E-state index in [2.05, 4.69) is 23.9 Å². The molecule has 1 aliphatic carbocycles. The van der Waals surface area contributed by atoms with Crippen molar-refractivity contribution in [3.8, 4) is 0 Å². The Kier molecular flexibility index (Phi) is 5.11. The minimum Gasteiger partial charge on any atom is -0.349 e. The van der Waals surface area contributed by atoms with Crippen molar-refractivity contribution in [3.05, 3.63) is 18.0 Å². The lowest BCUT2D eigenvalue weighted by Gasteiger charge is -2.10. The molecule has 0 spiro atoms. The van der Waals surface area contributed by atoms with Gasteiger partial charge in [-0.05, 0) is 45.2 Å². The largest absolute Gasteiger partial charge is 0.349 e. The Balaban J connectivity index is 2.17. The third-order valence-corrected chi connectivity index (χ3v) is 5.45. The zero-order valence-electron chi connectivity index (χ0n) is 13.3. The maximum absolute atomic E-state index is 12.4. The summed E-state index contributed by atoms with van der Waals surface area (Å²) in [5, 5.41) is 3.34. The van der Waals surface area contributed by atoms with Crippen LogP contribution in [-0.4, -0.2) is 25.1 Å². The van der Waals surface area contributed by atoms with Crippen LogP contribution in [0, 0.1) is 0 Å². The zero-order chi connectivity index (χ0) is 15.5. The number of hydrogen-bond donors (Lipinski definition) is 2. The number of sulfonamides is 1. The molecule has 1 saturated carbocycles. The number of aryl methyl sites for hydroxylation is 1. The summed E-state index contributed by atoms with van der Waals surface area (Å²) in [6.07, 6.45) is 5.67. The minimum atomic E-state index is -3.40. The molecule has 1 aliphatic rings. The van der Waals surface area contributed by atoms with Gasteiger partial charge in [0.1, 0.15) is 0 Å². The van der Waals surface area contributed by atoms with Crippen LogP contribution < -0.4 is 10.0 Å². The van der Waals surface area contributed by atoms with E-state index in [0.29, 0.717) is 11.4 Å². The summed E-state index contributed by atoms with van der Waals surface area (Å²) in [4.78, 5) is 0.386. The lowest BCUT2D eigenvalue weighted by molar-refractivity contribution is 0.557. The van der Waals surface area contributed by atoms with Gasteiger partial charge in [0.25, 0.3) is 0 Å². The van der Waals surface area contributed by atoms with Gasteiger partial charge in [0, 0.05) is 30.5 Å². The summed E-state index contributed by atoms with van der Waals surface area (Å²) in [6.45, 7) is 8.67. The van der Waals surface area contributed by atoms with Crippen molar-refractivity contribution in [2.24, 2.45) is 0 Å². The highest BCUT2D eigenvalue weighted by molar-refractivity contribution is 7.89. The predicted octanol–water partition coefficient (Wildman–Crippen LogP) is 2.23. The molecular formula is C15H27N3O2S. The van der Waals surface area contributed by atoms with Crippen molar-refractivity contribution in [1.29, 1.82) is 0 Å². The summed E-state index contributed by atoms with van der Waals surface area (Å²) < 4.78 is 29.7. The van der Waals surface area contributed by atoms with Gasteiger partial charge in [0.05, 0.1) is 4.90 Å². The van der Waals surface area contributed by atoms with Crippen molar-refractivity contribution in [2.75, 3.05) is 6.54 Å². The first-order chi connectivity index (χ1) is 9.90. The average molecular weight is 313 g/mol. The van der Waals surface area contributed by atoms with E-state index in [9.17, 15) is 8.42 Å². The monoisotopic (exact) mass is 313 g/mol. The normalized spacial score (nSPS) is 17.1. The molecule has 0 aliphatic heterocycles. The Morgan fingerprint density at radius 2 is 2.00 bits per heavy atom. The molecule has 0 atom stereocenters. The van der Waals surface area contributed by atoms with Crippen LogP contribution in [0.4, 0.5) is 0 Å². The number of aromatic nitrogens is 1. The first-order valence-corrected chi connectivity index (χ1v) is 9.32. The van der Waals surface area contributed by atoms with Crippen LogP contribution in [0.25, 0.3) is 0 Å². The van der Waals surface area contributed by atoms with E-state index >= 15 is 0 Å². The Bertz CT molecular complexity index is 574. The zero-order valence-corrected chi connectivity index (χ0v) is 14.1. The standard InChI is InChI=1S/C15H27N3O2S/c1-4-8-16-11-13-10-14(12-18(13)9-5-2)21(19,20)17-15(3)6-7-15/h10,12,16-17H,4-9,11H2,1-3H3. The molecule has 1 aromatic rings. The highest BCUT2D eigenvalue weighted by Gasteiger charge is 2.41. The quantitative estimate of drug-likeness (QED) is 0.687. The van der Waals surface area contributed by atoms with Gasteiger partial charge in [-0.25, -0.2) is 13.1 Å². The molecule has 120 valence electrons. The van der Waals surface area contributed by atoms with Crippen LogP contribution >= 0.6 is 0 Å². The number of nitrogens with one attached hydrogen (secondary N) is 2. The predicted molar refractivity (Wildman–Crippen MR) is 84.7 cm³/mol. The van der Waals surface area contributed by atoms with E-state index in [-0.39, 0.29) is 5.54 Å². The van der Waals surface area contributed by atoms with Gasteiger partial charge in [-0.2, -0.15) is 0 Å². The highest BCUT2D eigenvalue weighted by Crippen LogP contribution is 2.36. The van der Waals surface area contributed by atoms with Crippen molar-refractivity contribution < 1.29 is 8.42 Å². The molecule has 0 unspecified atom stereocenters. The Morgan fingerprint density at radius 3 is 2.57 bits per heavy atom. The lowest BCUT2D eigenvalue weighted by Crippen LogP contribution is -2.34. The second-order valence-corrected chi connectivity index (χ2v) is 7.89. The summed E-state index contributed by atoms with van der Waals surface area (Å²) in [6, 6.07) is 1.80. The molecule has 0 saturated heterocycles. The number of rotatable bonds is 9. The van der Waals surface area contributed by atoms with Crippen LogP contribution in [0.15, 0.2) is 17.2 Å². The Hall–Kier alpha value is -0.850. The van der Waals surface area contributed by atoms with Crippen molar-refractivity contribution in [1.82, 2.24) is 14.6 Å². The molecule has 0 aromatic carbocycles. The van der Waals surface area contributed by atoms with E-state index in [1.54, 1.807) is 12.3 Å². The maximum Gasteiger partial charge on any atom is 0.242 e. The van der Waals surface area contributed by atoms with E-state index in [1.807, 2.05) is 11.5 Å². The second kappa shape index (κ2) is 6.50. The molecule has 21 heavy (non-hydrogen) atoms. The first kappa shape index (κ1) is 16.5. The third-order valence-electron chi connectivity index (χ3n) is 3.85. The van der Waals surface area contributed by atoms with E-state index in [0.717, 1.165) is 44.5 Å². The smallest absolute Gasteiger partial charge is 0.242 e. The van der Waals surface area contributed by atoms with Gasteiger partial charge in [0.2, 0.25) is 10.0 Å². The van der Waals surface area contributed by atoms with Gasteiger partial charge in [0.15, 0.2) is 0 Å². The van der Waals surface area contributed by atoms with Crippen LogP contribution in [0.5, 0.6) is 0 Å². The topological polar surface area (TPSA) is 63.1 Å². The summed E-state index contributed by atoms with van der Waals surface area (Å²) >= 11 is 0. The van der Waals surface area contributed by atoms with E-state index in [1.165, 1.54) is 0 Å². The van der Waals surface area contributed by atoms with Crippen molar-refractivity contribution in [3.63, 3.8) is 0 Å². The average Bonchev–Trinajstić information content (AvgIpc) is 2.97. The molecule has 1 heterocycles. The van der Waals surface area contributed by atoms with E-state index in [4.69, 9.17) is 0 Å². The van der Waals surface area contributed by atoms with E-state index < -0.39 is 10.0 Å². The highest BCUT2D eigenvalue weighted by atomic mass is 32.2. The van der Waals surface area contributed by atoms with Crippen molar-refractivity contribution >= 4 is 10.0 Å². The Morgan fingerprint density at radius 1 is 1.29 bits per heavy atom. The third kappa shape index (κ3) is 4.31. The van der Waals surface area contributed by atoms with Gasteiger partial charge in [-0.15, -0.1) is 0 Å². The van der Waals surface area contributed by atoms with Crippen LogP contribution in [0.1, 0.15) is 52.1 Å². The molecule has 2 rings (SSSR count). The second-order valence-electron chi connectivity index (χ2n) is 6.20. The van der Waals surface area contributed by atoms with Crippen LogP contribution in [-0.2, 0) is 23.1 Å². The molecule has 6 heteroatoms. The maximum atomic E-state index is 12.4. The molecule has 5 nitrogen and oxygen atoms in total. The lowest BCUT2D eigenvalue weighted by atomic mass is 10.4. The van der Waals surface area contributed by atoms with Gasteiger partial charge < -0.3 is 9.88 Å². The molecule has 1 aromatic heterocycles. The summed E-state index contributed by atoms with van der Waals surface area (Å²) in [5.74, 6) is 0. The van der Waals surface area contributed by atoms with Crippen molar-refractivity contribution in [2.45, 2.75) is 70.0 Å². The molecule has 2 N–H and O–H groups in total. The summed E-state index contributed by atoms with van der Waals surface area (Å²) in [7, 11) is -3.40. The fourth-order valence-corrected chi connectivity index (χ4v) is 3.86. The van der Waals surface area contributed by atoms with Crippen LogP contribution in [0.2, 0.25) is 0 Å². The molecule has 0 radical (unpaired) electrons. The SMILES string of the molecule is CCCNCc1cc(S(=O)(=O)NC2(C)CC2)cn1CCC. The molecule has 0 bridgehead atoms. The van der Waals surface area contributed by atoms with Gasteiger partial charge in [-0.1, -0.05) is 13.8 Å². The fourth-order valence-electron chi connectivity index (χ4n) is 2.34. The first-order valence-electron chi connectivity index (χ1n) is 7.84. The fraction of sp³-hybridized carbons (Fsp3) is 0.733. The Labute approximate surface area is 128 Å². The minimum absolute atomic E-state index is 0.230. The molecular weight excluding hydrogens is 286 g/mol. The molecule has 1 fully saturated rings. The van der Waals surface area contributed by atoms with Gasteiger partial charge in [-0.3, -0.25) is 0 Å². The van der Waals surface area contributed by atoms with Gasteiger partial charge >= 0.3 is 0 Å². The number of hydrogen-bond acceptors (Lipinski definition) is 3. The summed E-state index contributed by atoms with van der Waals surface area (Å²) in [5.41, 5.74) is 0.804.